The number of hydrogen-bond acceptors (Lipinski definition) is 4. The number of aromatic nitrogens is 2. The van der Waals surface area contributed by atoms with E-state index < -0.39 is 21.7 Å². The third kappa shape index (κ3) is 2.45. The molecule has 0 bridgehead atoms. The number of sulfonamides is 1. The van der Waals surface area contributed by atoms with Crippen molar-refractivity contribution in [2.75, 3.05) is 13.1 Å². The highest BCUT2D eigenvalue weighted by Crippen LogP contribution is 2.30. The molecule has 7 nitrogen and oxygen atoms in total. The first kappa shape index (κ1) is 15.0. The van der Waals surface area contributed by atoms with Crippen LogP contribution in [-0.2, 0) is 10.0 Å². The van der Waals surface area contributed by atoms with Crippen LogP contribution in [0.25, 0.3) is 0 Å². The molecule has 1 unspecified atom stereocenters. The number of carboxylic acid groups (broad SMARTS) is 1. The lowest BCUT2D eigenvalue weighted by atomic mass is 9.96. The van der Waals surface area contributed by atoms with Crippen molar-refractivity contribution in [1.29, 1.82) is 0 Å². The monoisotopic (exact) mass is 301 g/mol. The van der Waals surface area contributed by atoms with Gasteiger partial charge in [-0.1, -0.05) is 13.8 Å². The van der Waals surface area contributed by atoms with E-state index in [4.69, 9.17) is 5.11 Å². The van der Waals surface area contributed by atoms with Gasteiger partial charge >= 0.3 is 5.97 Å². The Kier molecular flexibility index (Phi) is 3.88. The normalized spacial score (nSPS) is 20.7. The van der Waals surface area contributed by atoms with Gasteiger partial charge in [-0.15, -0.1) is 0 Å². The van der Waals surface area contributed by atoms with Gasteiger partial charge in [0, 0.05) is 13.1 Å². The molecule has 1 aliphatic heterocycles. The van der Waals surface area contributed by atoms with Crippen LogP contribution in [0.5, 0.6) is 0 Å². The van der Waals surface area contributed by atoms with Crippen LogP contribution in [0.1, 0.15) is 36.5 Å². The summed E-state index contributed by atoms with van der Waals surface area (Å²) in [4.78, 5) is 10.9. The van der Waals surface area contributed by atoms with Gasteiger partial charge in [-0.2, -0.15) is 9.40 Å². The van der Waals surface area contributed by atoms with Crippen molar-refractivity contribution >= 4 is 16.0 Å². The SMILES string of the molecule is Cc1[nH]nc(C(=O)O)c1S(=O)(=O)N1CCC(C(C)C)C1. The summed E-state index contributed by atoms with van der Waals surface area (Å²) in [6.45, 7) is 6.50. The molecule has 1 saturated heterocycles. The Morgan fingerprint density at radius 1 is 1.50 bits per heavy atom. The zero-order chi connectivity index (χ0) is 15.1. The number of rotatable bonds is 4. The van der Waals surface area contributed by atoms with Crippen LogP contribution in [0, 0.1) is 18.8 Å². The van der Waals surface area contributed by atoms with Crippen LogP contribution < -0.4 is 0 Å². The Morgan fingerprint density at radius 3 is 2.65 bits per heavy atom. The topological polar surface area (TPSA) is 103 Å². The number of aromatic carboxylic acids is 1. The van der Waals surface area contributed by atoms with Crippen LogP contribution in [0.4, 0.5) is 0 Å². The molecule has 20 heavy (non-hydrogen) atoms. The lowest BCUT2D eigenvalue weighted by Crippen LogP contribution is -2.30. The third-order valence-electron chi connectivity index (χ3n) is 3.82. The second-order valence-corrected chi connectivity index (χ2v) is 7.36. The molecule has 8 heteroatoms. The number of nitrogens with zero attached hydrogens (tertiary/aromatic N) is 2. The Labute approximate surface area is 118 Å². The maximum atomic E-state index is 12.6. The van der Waals surface area contributed by atoms with Crippen molar-refractivity contribution in [3.8, 4) is 0 Å². The summed E-state index contributed by atoms with van der Waals surface area (Å²) in [7, 11) is -3.81. The summed E-state index contributed by atoms with van der Waals surface area (Å²) < 4.78 is 26.6. The van der Waals surface area contributed by atoms with Gasteiger partial charge in [-0.3, -0.25) is 5.10 Å². The molecule has 1 aliphatic rings. The Morgan fingerprint density at radius 2 is 2.15 bits per heavy atom. The molecule has 2 heterocycles. The molecule has 0 radical (unpaired) electrons. The van der Waals surface area contributed by atoms with Crippen molar-refractivity contribution in [1.82, 2.24) is 14.5 Å². The number of aromatic amines is 1. The van der Waals surface area contributed by atoms with Crippen molar-refractivity contribution in [3.05, 3.63) is 11.4 Å². The molecule has 112 valence electrons. The lowest BCUT2D eigenvalue weighted by Gasteiger charge is -2.18. The molecular weight excluding hydrogens is 282 g/mol. The standard InChI is InChI=1S/C12H19N3O4S/c1-7(2)9-4-5-15(6-9)20(18,19)11-8(3)13-14-10(11)12(16)17/h7,9H,4-6H2,1-3H3,(H,13,14)(H,16,17). The van der Waals surface area contributed by atoms with Gasteiger partial charge in [0.2, 0.25) is 10.0 Å². The molecule has 2 N–H and O–H groups in total. The van der Waals surface area contributed by atoms with Crippen molar-refractivity contribution in [2.24, 2.45) is 11.8 Å². The minimum atomic E-state index is -3.81. The zero-order valence-corrected chi connectivity index (χ0v) is 12.6. The van der Waals surface area contributed by atoms with E-state index in [0.29, 0.717) is 24.9 Å². The first-order valence-electron chi connectivity index (χ1n) is 6.53. The van der Waals surface area contributed by atoms with Crippen molar-refractivity contribution in [3.63, 3.8) is 0 Å². The number of H-pyrrole nitrogens is 1. The van der Waals surface area contributed by atoms with Gasteiger partial charge in [0.1, 0.15) is 4.90 Å². The van der Waals surface area contributed by atoms with Crippen LogP contribution in [0.2, 0.25) is 0 Å². The Hall–Kier alpha value is -1.41. The smallest absolute Gasteiger partial charge is 0.357 e. The maximum absolute atomic E-state index is 12.6. The van der Waals surface area contributed by atoms with Crippen molar-refractivity contribution in [2.45, 2.75) is 32.1 Å². The molecule has 1 fully saturated rings. The van der Waals surface area contributed by atoms with E-state index in [-0.39, 0.29) is 10.6 Å². The van der Waals surface area contributed by atoms with E-state index in [1.165, 1.54) is 11.2 Å². The van der Waals surface area contributed by atoms with Gasteiger partial charge in [0.15, 0.2) is 5.69 Å². The van der Waals surface area contributed by atoms with E-state index in [9.17, 15) is 13.2 Å². The summed E-state index contributed by atoms with van der Waals surface area (Å²) in [5.41, 5.74) is -0.175. The number of carboxylic acids is 1. The molecule has 0 amide bonds. The van der Waals surface area contributed by atoms with Gasteiger partial charge in [-0.25, -0.2) is 13.2 Å². The fourth-order valence-corrected chi connectivity index (χ4v) is 4.33. The molecule has 0 spiro atoms. The fourth-order valence-electron chi connectivity index (χ4n) is 2.52. The van der Waals surface area contributed by atoms with Crippen LogP contribution in [-0.4, -0.2) is 47.1 Å². The predicted molar refractivity (Wildman–Crippen MR) is 72.0 cm³/mol. The van der Waals surface area contributed by atoms with Gasteiger partial charge in [-0.05, 0) is 25.2 Å². The molecule has 0 aromatic carbocycles. The van der Waals surface area contributed by atoms with Crippen molar-refractivity contribution < 1.29 is 18.3 Å². The van der Waals surface area contributed by atoms with Crippen LogP contribution in [0.3, 0.4) is 0 Å². The molecule has 1 aromatic heterocycles. The maximum Gasteiger partial charge on any atom is 0.357 e. The summed E-state index contributed by atoms with van der Waals surface area (Å²) in [5.74, 6) is -0.627. The van der Waals surface area contributed by atoms with Gasteiger partial charge < -0.3 is 5.11 Å². The van der Waals surface area contributed by atoms with E-state index in [2.05, 4.69) is 24.0 Å². The largest absolute Gasteiger partial charge is 0.476 e. The number of hydrogen-bond donors (Lipinski definition) is 2. The van der Waals surface area contributed by atoms with E-state index in [1.807, 2.05) is 0 Å². The third-order valence-corrected chi connectivity index (χ3v) is 5.85. The predicted octanol–water partition coefficient (Wildman–Crippen LogP) is 1.08. The summed E-state index contributed by atoms with van der Waals surface area (Å²) >= 11 is 0. The first-order chi connectivity index (χ1) is 9.25. The Bertz CT molecular complexity index is 621. The minimum Gasteiger partial charge on any atom is -0.476 e. The number of nitrogens with one attached hydrogen (secondary N) is 1. The number of aryl methyl sites for hydroxylation is 1. The molecule has 2 rings (SSSR count). The average molecular weight is 301 g/mol. The quantitative estimate of drug-likeness (QED) is 0.866. The fraction of sp³-hybridized carbons (Fsp3) is 0.667. The molecule has 1 atom stereocenters. The summed E-state index contributed by atoms with van der Waals surface area (Å²) in [6.07, 6.45) is 0.802. The van der Waals surface area contributed by atoms with E-state index in [1.54, 1.807) is 0 Å². The average Bonchev–Trinajstić information content (AvgIpc) is 2.94. The molecule has 0 aliphatic carbocycles. The molecular formula is C12H19N3O4S. The number of carbonyl (C=O) groups is 1. The van der Waals surface area contributed by atoms with Crippen LogP contribution in [0.15, 0.2) is 4.90 Å². The van der Waals surface area contributed by atoms with Crippen LogP contribution >= 0.6 is 0 Å². The summed E-state index contributed by atoms with van der Waals surface area (Å²) in [5, 5.41) is 15.1. The summed E-state index contributed by atoms with van der Waals surface area (Å²) in [6, 6.07) is 0. The van der Waals surface area contributed by atoms with E-state index >= 15 is 0 Å². The minimum absolute atomic E-state index is 0.214. The molecule has 0 saturated carbocycles. The first-order valence-corrected chi connectivity index (χ1v) is 7.97. The lowest BCUT2D eigenvalue weighted by molar-refractivity contribution is 0.0686. The highest BCUT2D eigenvalue weighted by molar-refractivity contribution is 7.89. The Balaban J connectivity index is 2.37. The van der Waals surface area contributed by atoms with Gasteiger partial charge in [0.05, 0.1) is 5.69 Å². The molecule has 1 aromatic rings. The second kappa shape index (κ2) is 5.17. The second-order valence-electron chi connectivity index (χ2n) is 5.49. The highest BCUT2D eigenvalue weighted by Gasteiger charge is 2.38. The van der Waals surface area contributed by atoms with E-state index in [0.717, 1.165) is 6.42 Å². The zero-order valence-electron chi connectivity index (χ0n) is 11.8. The highest BCUT2D eigenvalue weighted by atomic mass is 32.2. The van der Waals surface area contributed by atoms with Gasteiger partial charge in [0.25, 0.3) is 0 Å².